The highest BCUT2D eigenvalue weighted by Gasteiger charge is 2.41. The molecule has 0 radical (unpaired) electrons. The standard InChI is InChI=1S/C31H37F6N5O6/c1-17-16-41(11-12-42(17)27(45)48-29(5,6)7)22-14-18(30(32,33)34)13-21(39-22)19-9-10-38-25(40-26(44)47-28(2,3)4)24(19)20(31(35,36)37)15-23(43)46-8/h9-10,13-15,17H,11-12,16H2,1-8H3,(H,38,40,44)/t17-/m0/s1. The average molecular weight is 690 g/mol. The van der Waals surface area contributed by atoms with Gasteiger partial charge in [0.2, 0.25) is 0 Å². The summed E-state index contributed by atoms with van der Waals surface area (Å²) < 4.78 is 101. The number of pyridine rings is 2. The average Bonchev–Trinajstić information content (AvgIpc) is 2.92. The number of methoxy groups -OCH3 is 1. The molecular formula is C31H37F6N5O6. The van der Waals surface area contributed by atoms with Crippen molar-refractivity contribution < 1.29 is 54.9 Å². The number of carbonyl (C=O) groups is 3. The molecule has 0 unspecified atom stereocenters. The molecule has 48 heavy (non-hydrogen) atoms. The summed E-state index contributed by atoms with van der Waals surface area (Å²) in [5.41, 5.74) is -6.87. The molecule has 3 rings (SSSR count). The molecule has 0 bridgehead atoms. The Balaban J connectivity index is 2.24. The van der Waals surface area contributed by atoms with E-state index in [1.807, 2.05) is 0 Å². The SMILES string of the molecule is COC(=O)C=C(c1c(-c2cc(C(F)(F)F)cc(N3CCN(C(=O)OC(C)(C)C)[C@@H](C)C3)n2)ccnc1NC(=O)OC(C)(C)C)C(F)(F)F. The zero-order valence-corrected chi connectivity index (χ0v) is 27.6. The Morgan fingerprint density at radius 3 is 2.10 bits per heavy atom. The summed E-state index contributed by atoms with van der Waals surface area (Å²) in [6, 6.07) is 1.72. The van der Waals surface area contributed by atoms with Gasteiger partial charge in [0.25, 0.3) is 0 Å². The fourth-order valence-corrected chi connectivity index (χ4v) is 4.65. The maximum Gasteiger partial charge on any atom is 0.417 e. The lowest BCUT2D eigenvalue weighted by Crippen LogP contribution is -2.55. The molecule has 1 fully saturated rings. The van der Waals surface area contributed by atoms with E-state index >= 15 is 0 Å². The monoisotopic (exact) mass is 689 g/mol. The van der Waals surface area contributed by atoms with Crippen molar-refractivity contribution in [3.8, 4) is 11.3 Å². The summed E-state index contributed by atoms with van der Waals surface area (Å²) in [5, 5.41) is 2.11. The van der Waals surface area contributed by atoms with Crippen molar-refractivity contribution in [1.29, 1.82) is 0 Å². The van der Waals surface area contributed by atoms with E-state index in [1.165, 1.54) is 30.6 Å². The zero-order valence-electron chi connectivity index (χ0n) is 27.6. The number of ether oxygens (including phenoxy) is 3. The Kier molecular flexibility index (Phi) is 11.0. The lowest BCUT2D eigenvalue weighted by Gasteiger charge is -2.40. The van der Waals surface area contributed by atoms with E-state index in [4.69, 9.17) is 9.47 Å². The normalized spacial score (nSPS) is 16.4. The first-order valence-corrected chi connectivity index (χ1v) is 14.6. The number of carbonyl (C=O) groups excluding carboxylic acids is 3. The number of amides is 2. The Hall–Kier alpha value is -4.57. The number of nitrogens with one attached hydrogen (secondary N) is 1. The Morgan fingerprint density at radius 2 is 1.58 bits per heavy atom. The minimum absolute atomic E-state index is 0.0116. The Labute approximate surface area is 273 Å². The van der Waals surface area contributed by atoms with Gasteiger partial charge in [-0.05, 0) is 66.7 Å². The number of piperazine rings is 1. The van der Waals surface area contributed by atoms with Gasteiger partial charge in [0.15, 0.2) is 0 Å². The highest BCUT2D eigenvalue weighted by Crippen LogP contribution is 2.43. The van der Waals surface area contributed by atoms with Crippen LogP contribution in [0.2, 0.25) is 0 Å². The number of nitrogens with zero attached hydrogens (tertiary/aromatic N) is 4. The number of anilines is 2. The summed E-state index contributed by atoms with van der Waals surface area (Å²) in [7, 11) is 0.834. The van der Waals surface area contributed by atoms with Crippen LogP contribution in [0.4, 0.5) is 47.6 Å². The molecule has 264 valence electrons. The summed E-state index contributed by atoms with van der Waals surface area (Å²) in [6.07, 6.45) is -11.0. The summed E-state index contributed by atoms with van der Waals surface area (Å²) in [6.45, 7) is 11.3. The second-order valence-corrected chi connectivity index (χ2v) is 12.9. The zero-order chi connectivity index (χ0) is 36.4. The van der Waals surface area contributed by atoms with Crippen molar-refractivity contribution in [1.82, 2.24) is 14.9 Å². The lowest BCUT2D eigenvalue weighted by atomic mass is 9.96. The summed E-state index contributed by atoms with van der Waals surface area (Å²) in [4.78, 5) is 48.5. The predicted molar refractivity (Wildman–Crippen MR) is 163 cm³/mol. The van der Waals surface area contributed by atoms with Gasteiger partial charge in [0, 0.05) is 49.1 Å². The van der Waals surface area contributed by atoms with Crippen LogP contribution in [0, 0.1) is 0 Å². The van der Waals surface area contributed by atoms with Gasteiger partial charge >= 0.3 is 30.5 Å². The molecule has 1 atom stereocenters. The van der Waals surface area contributed by atoms with E-state index in [0.29, 0.717) is 6.07 Å². The second-order valence-electron chi connectivity index (χ2n) is 12.9. The number of alkyl halides is 6. The summed E-state index contributed by atoms with van der Waals surface area (Å²) >= 11 is 0. The fourth-order valence-electron chi connectivity index (χ4n) is 4.65. The molecule has 0 saturated carbocycles. The second kappa shape index (κ2) is 13.9. The maximum atomic E-state index is 14.6. The molecule has 1 N–H and O–H groups in total. The number of allylic oxidation sites excluding steroid dienone is 1. The molecular weight excluding hydrogens is 652 g/mol. The van der Waals surface area contributed by atoms with Gasteiger partial charge in [-0.15, -0.1) is 0 Å². The van der Waals surface area contributed by atoms with Crippen LogP contribution in [-0.4, -0.2) is 83.2 Å². The predicted octanol–water partition coefficient (Wildman–Crippen LogP) is 7.07. The van der Waals surface area contributed by atoms with Crippen LogP contribution in [0.1, 0.15) is 59.6 Å². The largest absolute Gasteiger partial charge is 0.466 e. The van der Waals surface area contributed by atoms with Gasteiger partial charge in [-0.2, -0.15) is 26.3 Å². The van der Waals surface area contributed by atoms with Crippen molar-refractivity contribution in [2.24, 2.45) is 0 Å². The molecule has 11 nitrogen and oxygen atoms in total. The first-order chi connectivity index (χ1) is 21.9. The van der Waals surface area contributed by atoms with E-state index < -0.39 is 81.5 Å². The number of rotatable bonds is 5. The number of hydrogen-bond acceptors (Lipinski definition) is 9. The quantitative estimate of drug-likeness (QED) is 0.152. The van der Waals surface area contributed by atoms with Gasteiger partial charge in [-0.1, -0.05) is 0 Å². The van der Waals surface area contributed by atoms with Crippen LogP contribution in [0.15, 0.2) is 30.5 Å². The van der Waals surface area contributed by atoms with Crippen molar-refractivity contribution in [2.45, 2.75) is 78.1 Å². The van der Waals surface area contributed by atoms with E-state index in [1.54, 1.807) is 27.7 Å². The van der Waals surface area contributed by atoms with Crippen LogP contribution >= 0.6 is 0 Å². The van der Waals surface area contributed by atoms with Gasteiger partial charge in [-0.25, -0.2) is 24.4 Å². The highest BCUT2D eigenvalue weighted by atomic mass is 19.4. The highest BCUT2D eigenvalue weighted by molar-refractivity contribution is 6.00. The van der Waals surface area contributed by atoms with Crippen molar-refractivity contribution in [3.63, 3.8) is 0 Å². The molecule has 1 aliphatic rings. The third-order valence-electron chi connectivity index (χ3n) is 6.60. The first kappa shape index (κ1) is 37.9. The summed E-state index contributed by atoms with van der Waals surface area (Å²) in [5.74, 6) is -2.45. The van der Waals surface area contributed by atoms with E-state index in [2.05, 4.69) is 20.0 Å². The van der Waals surface area contributed by atoms with E-state index in [9.17, 15) is 40.7 Å². The van der Waals surface area contributed by atoms with Crippen LogP contribution in [-0.2, 0) is 25.2 Å². The van der Waals surface area contributed by atoms with E-state index in [-0.39, 0.29) is 31.5 Å². The lowest BCUT2D eigenvalue weighted by molar-refractivity contribution is -0.137. The van der Waals surface area contributed by atoms with Crippen LogP contribution < -0.4 is 10.2 Å². The third-order valence-corrected chi connectivity index (χ3v) is 6.60. The van der Waals surface area contributed by atoms with Crippen LogP contribution in [0.5, 0.6) is 0 Å². The van der Waals surface area contributed by atoms with Crippen LogP contribution in [0.25, 0.3) is 16.8 Å². The van der Waals surface area contributed by atoms with Crippen molar-refractivity contribution >= 4 is 35.4 Å². The minimum atomic E-state index is -5.30. The van der Waals surface area contributed by atoms with Gasteiger partial charge in [0.1, 0.15) is 22.8 Å². The van der Waals surface area contributed by atoms with E-state index in [0.717, 1.165) is 25.4 Å². The number of aromatic nitrogens is 2. The molecule has 17 heteroatoms. The van der Waals surface area contributed by atoms with Gasteiger partial charge < -0.3 is 24.0 Å². The first-order valence-electron chi connectivity index (χ1n) is 14.6. The molecule has 0 spiro atoms. The third kappa shape index (κ3) is 9.97. The smallest absolute Gasteiger partial charge is 0.417 e. The fraction of sp³-hybridized carbons (Fsp3) is 0.516. The molecule has 0 aromatic carbocycles. The molecule has 1 aliphatic heterocycles. The number of halogens is 6. The minimum Gasteiger partial charge on any atom is -0.466 e. The number of esters is 1. The van der Waals surface area contributed by atoms with Gasteiger partial charge in [-0.3, -0.25) is 5.32 Å². The molecule has 2 aromatic heterocycles. The van der Waals surface area contributed by atoms with Crippen molar-refractivity contribution in [2.75, 3.05) is 37.0 Å². The molecule has 0 aliphatic carbocycles. The van der Waals surface area contributed by atoms with Gasteiger partial charge in [0.05, 0.1) is 23.9 Å². The number of hydrogen-bond donors (Lipinski definition) is 1. The molecule has 2 aromatic rings. The van der Waals surface area contributed by atoms with Crippen molar-refractivity contribution in [3.05, 3.63) is 41.6 Å². The maximum absolute atomic E-state index is 14.6. The Morgan fingerprint density at radius 1 is 0.958 bits per heavy atom. The molecule has 1 saturated heterocycles. The molecule has 2 amide bonds. The molecule has 3 heterocycles. The Bertz CT molecular complexity index is 1560. The topological polar surface area (TPSA) is 123 Å². The van der Waals surface area contributed by atoms with Crippen LogP contribution in [0.3, 0.4) is 0 Å².